The molecule has 226 valence electrons. The first-order chi connectivity index (χ1) is 21.3. The van der Waals surface area contributed by atoms with Gasteiger partial charge in [0.15, 0.2) is 24.7 Å². The van der Waals surface area contributed by atoms with Gasteiger partial charge in [-0.1, -0.05) is 84.9 Å². The second-order valence-electron chi connectivity index (χ2n) is 9.63. The smallest absolute Gasteiger partial charge is 0.310 e. The van der Waals surface area contributed by atoms with Gasteiger partial charge < -0.3 is 19.3 Å². The highest BCUT2D eigenvalue weighted by Crippen LogP contribution is 2.27. The summed E-state index contributed by atoms with van der Waals surface area (Å²) in [5.41, 5.74) is 1.17. The van der Waals surface area contributed by atoms with Crippen LogP contribution < -0.4 is 9.47 Å². The zero-order chi connectivity index (χ0) is 31.3. The van der Waals surface area contributed by atoms with Crippen LogP contribution in [-0.4, -0.2) is 57.8 Å². The van der Waals surface area contributed by atoms with E-state index in [0.29, 0.717) is 0 Å². The molecule has 0 saturated heterocycles. The van der Waals surface area contributed by atoms with Crippen LogP contribution in [0.25, 0.3) is 0 Å². The van der Waals surface area contributed by atoms with Crippen LogP contribution in [0.2, 0.25) is 0 Å². The highest BCUT2D eigenvalue weighted by molar-refractivity contribution is 5.79. The number of benzene rings is 4. The zero-order valence-electron chi connectivity index (χ0n) is 23.7. The molecule has 0 N–H and O–H groups in total. The molecular formula is C32H30N4O8. The molecule has 44 heavy (non-hydrogen) atoms. The fraction of sp³-hybridized carbons (Fsp3) is 0.188. The lowest BCUT2D eigenvalue weighted by atomic mass is 10.2. The molecule has 0 aliphatic rings. The molecule has 0 atom stereocenters. The van der Waals surface area contributed by atoms with Crippen molar-refractivity contribution in [1.29, 1.82) is 0 Å². The number of carbonyl (C=O) groups excluding carboxylic acids is 2. The third-order valence-corrected chi connectivity index (χ3v) is 6.60. The topological polar surface area (TPSA) is 145 Å². The summed E-state index contributed by atoms with van der Waals surface area (Å²) in [7, 11) is 0. The van der Waals surface area contributed by atoms with E-state index in [2.05, 4.69) is 0 Å². The number of amides is 2. The summed E-state index contributed by atoms with van der Waals surface area (Å²) in [5.74, 6) is -0.928. The number of para-hydroxylation sites is 4. The number of rotatable bonds is 15. The standard InChI is InChI=1S/C32H30N4O8/c37-31(23-43-29-17-9-7-15-27(29)35(39)40)33(21-25-11-3-1-4-12-25)19-20-34(22-26-13-5-2-6-14-26)32(38)24-44-30-18-10-8-16-28(30)36(41)42/h1-18H,19-24H2. The molecule has 0 radical (unpaired) electrons. The fourth-order valence-electron chi connectivity index (χ4n) is 4.35. The molecule has 0 aliphatic carbocycles. The SMILES string of the molecule is O=C(COc1ccccc1[N+](=O)[O-])N(CCN(Cc1ccccc1)C(=O)COc1ccccc1[N+](=O)[O-])Cc1ccccc1. The third-order valence-electron chi connectivity index (χ3n) is 6.60. The molecule has 4 rings (SSSR count). The summed E-state index contributed by atoms with van der Waals surface area (Å²) < 4.78 is 11.1. The highest BCUT2D eigenvalue weighted by Gasteiger charge is 2.23. The van der Waals surface area contributed by atoms with Gasteiger partial charge in [-0.3, -0.25) is 29.8 Å². The molecule has 2 amide bonds. The molecule has 0 fully saturated rings. The van der Waals surface area contributed by atoms with E-state index in [1.807, 2.05) is 60.7 Å². The van der Waals surface area contributed by atoms with Gasteiger partial charge in [0.25, 0.3) is 11.8 Å². The second-order valence-corrected chi connectivity index (χ2v) is 9.63. The lowest BCUT2D eigenvalue weighted by Gasteiger charge is -2.28. The van der Waals surface area contributed by atoms with Gasteiger partial charge in [-0.25, -0.2) is 0 Å². The highest BCUT2D eigenvalue weighted by atomic mass is 16.6. The molecule has 0 saturated carbocycles. The number of carbonyl (C=O) groups is 2. The van der Waals surface area contributed by atoms with Crippen LogP contribution in [-0.2, 0) is 22.7 Å². The van der Waals surface area contributed by atoms with Crippen molar-refractivity contribution >= 4 is 23.2 Å². The molecule has 0 spiro atoms. The first-order valence-corrected chi connectivity index (χ1v) is 13.7. The Balaban J connectivity index is 1.50. The number of hydrogen-bond acceptors (Lipinski definition) is 8. The minimum atomic E-state index is -0.583. The molecule has 0 heterocycles. The van der Waals surface area contributed by atoms with Crippen molar-refractivity contribution in [1.82, 2.24) is 9.80 Å². The van der Waals surface area contributed by atoms with Gasteiger partial charge in [-0.2, -0.15) is 0 Å². The minimum absolute atomic E-state index is 0.0291. The number of ether oxygens (including phenoxy) is 2. The summed E-state index contributed by atoms with van der Waals surface area (Å²) in [5, 5.41) is 22.8. The minimum Gasteiger partial charge on any atom is -0.477 e. The van der Waals surface area contributed by atoms with Crippen molar-refractivity contribution in [3.63, 3.8) is 0 Å². The molecule has 0 unspecified atom stereocenters. The van der Waals surface area contributed by atoms with E-state index in [-0.39, 0.29) is 49.1 Å². The summed E-state index contributed by atoms with van der Waals surface area (Å²) in [6.07, 6.45) is 0. The van der Waals surface area contributed by atoms with Crippen molar-refractivity contribution in [2.24, 2.45) is 0 Å². The van der Waals surface area contributed by atoms with Crippen LogP contribution in [0.5, 0.6) is 11.5 Å². The molecule has 4 aromatic rings. The Kier molecular flexibility index (Phi) is 10.9. The predicted octanol–water partition coefficient (Wildman–Crippen LogP) is 5.02. The molecule has 12 heteroatoms. The van der Waals surface area contributed by atoms with E-state index in [9.17, 15) is 29.8 Å². The van der Waals surface area contributed by atoms with E-state index >= 15 is 0 Å². The van der Waals surface area contributed by atoms with Crippen LogP contribution in [0.3, 0.4) is 0 Å². The Morgan fingerprint density at radius 2 is 0.886 bits per heavy atom. The van der Waals surface area contributed by atoms with Gasteiger partial charge in [-0.05, 0) is 23.3 Å². The Morgan fingerprint density at radius 3 is 1.25 bits per heavy atom. The zero-order valence-corrected chi connectivity index (χ0v) is 23.7. The van der Waals surface area contributed by atoms with Gasteiger partial charge in [0.05, 0.1) is 9.85 Å². The van der Waals surface area contributed by atoms with E-state index in [1.54, 1.807) is 12.1 Å². The second kappa shape index (κ2) is 15.4. The van der Waals surface area contributed by atoms with Crippen LogP contribution in [0.15, 0.2) is 109 Å². The van der Waals surface area contributed by atoms with Gasteiger partial charge in [0, 0.05) is 38.3 Å². The Hall–Kier alpha value is -5.78. The van der Waals surface area contributed by atoms with E-state index in [4.69, 9.17) is 9.47 Å². The maximum atomic E-state index is 13.4. The average molecular weight is 599 g/mol. The van der Waals surface area contributed by atoms with Crippen LogP contribution in [0.1, 0.15) is 11.1 Å². The maximum Gasteiger partial charge on any atom is 0.310 e. The predicted molar refractivity (Wildman–Crippen MR) is 161 cm³/mol. The van der Waals surface area contributed by atoms with Gasteiger partial charge in [0.2, 0.25) is 0 Å². The van der Waals surface area contributed by atoms with Crippen LogP contribution in [0, 0.1) is 20.2 Å². The number of nitro groups is 2. The largest absolute Gasteiger partial charge is 0.477 e. The summed E-state index contributed by atoms with van der Waals surface area (Å²) >= 11 is 0. The first-order valence-electron chi connectivity index (χ1n) is 13.7. The van der Waals surface area contributed by atoms with Crippen molar-refractivity contribution in [2.75, 3.05) is 26.3 Å². The molecule has 0 bridgehead atoms. The maximum absolute atomic E-state index is 13.4. The molecule has 0 aromatic heterocycles. The van der Waals surface area contributed by atoms with Gasteiger partial charge in [0.1, 0.15) is 0 Å². The van der Waals surface area contributed by atoms with Gasteiger partial charge >= 0.3 is 11.4 Å². The Morgan fingerprint density at radius 1 is 0.545 bits per heavy atom. The van der Waals surface area contributed by atoms with Crippen molar-refractivity contribution in [2.45, 2.75) is 13.1 Å². The van der Waals surface area contributed by atoms with E-state index < -0.39 is 34.9 Å². The van der Waals surface area contributed by atoms with Crippen LogP contribution >= 0.6 is 0 Å². The summed E-state index contributed by atoms with van der Waals surface area (Å²) in [6.45, 7) is -0.272. The lowest BCUT2D eigenvalue weighted by Crippen LogP contribution is -2.43. The van der Waals surface area contributed by atoms with Crippen molar-refractivity contribution in [3.8, 4) is 11.5 Å². The third kappa shape index (κ3) is 8.86. The van der Waals surface area contributed by atoms with E-state index in [0.717, 1.165) is 11.1 Å². The molecule has 4 aromatic carbocycles. The Bertz CT molecular complexity index is 1460. The normalized spacial score (nSPS) is 10.5. The molecule has 0 aliphatic heterocycles. The van der Waals surface area contributed by atoms with Crippen molar-refractivity contribution < 1.29 is 28.9 Å². The van der Waals surface area contributed by atoms with Gasteiger partial charge in [-0.15, -0.1) is 0 Å². The number of nitro benzene ring substituents is 2. The van der Waals surface area contributed by atoms with Crippen molar-refractivity contribution in [3.05, 3.63) is 141 Å². The quantitative estimate of drug-likeness (QED) is 0.137. The fourth-order valence-corrected chi connectivity index (χ4v) is 4.35. The molecule has 12 nitrogen and oxygen atoms in total. The number of nitrogens with zero attached hydrogens (tertiary/aromatic N) is 4. The van der Waals surface area contributed by atoms with Crippen LogP contribution in [0.4, 0.5) is 11.4 Å². The summed E-state index contributed by atoms with van der Waals surface area (Å²) in [6, 6.07) is 30.1. The average Bonchev–Trinajstić information content (AvgIpc) is 3.04. The summed E-state index contributed by atoms with van der Waals surface area (Å²) in [4.78, 5) is 51.4. The lowest BCUT2D eigenvalue weighted by molar-refractivity contribution is -0.386. The van der Waals surface area contributed by atoms with E-state index in [1.165, 1.54) is 46.2 Å². The first kappa shape index (κ1) is 31.2. The monoisotopic (exact) mass is 598 g/mol. The Labute approximate surface area is 253 Å². The number of hydrogen-bond donors (Lipinski definition) is 0. The molecular weight excluding hydrogens is 568 g/mol.